The molecule has 158 valence electrons. The summed E-state index contributed by atoms with van der Waals surface area (Å²) >= 11 is 12.0. The van der Waals surface area contributed by atoms with Crippen LogP contribution in [-0.4, -0.2) is 22.5 Å². The van der Waals surface area contributed by atoms with Crippen molar-refractivity contribution in [2.24, 2.45) is 5.10 Å². The molecular formula is C22H18Cl2N4O3. The molecule has 1 aliphatic rings. The number of carbonyl (C=O) groups is 2. The zero-order valence-corrected chi connectivity index (χ0v) is 18.0. The van der Waals surface area contributed by atoms with Gasteiger partial charge in [-0.1, -0.05) is 29.3 Å². The number of benzene rings is 1. The summed E-state index contributed by atoms with van der Waals surface area (Å²) in [6.07, 6.45) is 3.67. The highest BCUT2D eigenvalue weighted by molar-refractivity contribution is 6.35. The molecule has 0 atom stereocenters. The highest BCUT2D eigenvalue weighted by Crippen LogP contribution is 2.31. The number of rotatable bonds is 4. The van der Waals surface area contributed by atoms with Crippen LogP contribution in [0.2, 0.25) is 10.0 Å². The van der Waals surface area contributed by atoms with Gasteiger partial charge in [0.05, 0.1) is 5.71 Å². The van der Waals surface area contributed by atoms with Gasteiger partial charge in [-0.2, -0.15) is 5.10 Å². The lowest BCUT2D eigenvalue weighted by Gasteiger charge is -2.13. The minimum atomic E-state index is -0.415. The number of hydrazone groups is 1. The van der Waals surface area contributed by atoms with E-state index < -0.39 is 11.8 Å². The van der Waals surface area contributed by atoms with Crippen LogP contribution in [0, 0.1) is 6.92 Å². The Hall–Kier alpha value is -3.16. The topological polar surface area (TPSA) is 96.6 Å². The van der Waals surface area contributed by atoms with E-state index in [1.54, 1.807) is 49.5 Å². The van der Waals surface area contributed by atoms with Gasteiger partial charge in [-0.3, -0.25) is 14.6 Å². The average Bonchev–Trinajstić information content (AvgIpc) is 3.09. The van der Waals surface area contributed by atoms with Crippen LogP contribution in [0.15, 0.2) is 52.1 Å². The van der Waals surface area contributed by atoms with E-state index in [1.807, 2.05) is 0 Å². The van der Waals surface area contributed by atoms with E-state index in [2.05, 4.69) is 20.8 Å². The van der Waals surface area contributed by atoms with E-state index in [-0.39, 0.29) is 11.5 Å². The highest BCUT2D eigenvalue weighted by Gasteiger charge is 2.28. The van der Waals surface area contributed by atoms with E-state index in [4.69, 9.17) is 27.6 Å². The molecule has 2 aromatic heterocycles. The molecule has 4 rings (SSSR count). The second-order valence-corrected chi connectivity index (χ2v) is 7.91. The Labute approximate surface area is 188 Å². The SMILES string of the molecule is Cc1c(C(=O)Nc2cc(Cl)cc(Cl)c2)oc2c1/C(=N/NC(=O)c1ccccn1)CCC2. The maximum absolute atomic E-state index is 12.8. The summed E-state index contributed by atoms with van der Waals surface area (Å²) in [5.41, 5.74) is 5.35. The second-order valence-electron chi connectivity index (χ2n) is 7.03. The van der Waals surface area contributed by atoms with Crippen molar-refractivity contribution in [3.63, 3.8) is 0 Å². The van der Waals surface area contributed by atoms with Crippen molar-refractivity contribution >= 4 is 46.4 Å². The zero-order valence-electron chi connectivity index (χ0n) is 16.5. The molecule has 0 aliphatic heterocycles. The van der Waals surface area contributed by atoms with Crippen molar-refractivity contribution in [2.75, 3.05) is 5.32 Å². The summed E-state index contributed by atoms with van der Waals surface area (Å²) in [7, 11) is 0. The van der Waals surface area contributed by atoms with E-state index in [0.717, 1.165) is 12.0 Å². The molecule has 2 amide bonds. The number of fused-ring (bicyclic) bond motifs is 1. The van der Waals surface area contributed by atoms with Crippen molar-refractivity contribution in [2.45, 2.75) is 26.2 Å². The van der Waals surface area contributed by atoms with Gasteiger partial charge in [0, 0.05) is 39.5 Å². The molecule has 0 spiro atoms. The first kappa shape index (κ1) is 21.1. The average molecular weight is 457 g/mol. The van der Waals surface area contributed by atoms with Gasteiger partial charge in [-0.05, 0) is 50.1 Å². The lowest BCUT2D eigenvalue weighted by atomic mass is 9.93. The summed E-state index contributed by atoms with van der Waals surface area (Å²) in [5, 5.41) is 7.88. The summed E-state index contributed by atoms with van der Waals surface area (Å²) in [6.45, 7) is 1.80. The molecule has 31 heavy (non-hydrogen) atoms. The third-order valence-electron chi connectivity index (χ3n) is 4.84. The number of hydrogen-bond acceptors (Lipinski definition) is 5. The normalized spacial score (nSPS) is 14.2. The Morgan fingerprint density at radius 1 is 1.10 bits per heavy atom. The molecular weight excluding hydrogens is 439 g/mol. The number of nitrogens with zero attached hydrogens (tertiary/aromatic N) is 2. The van der Waals surface area contributed by atoms with Crippen molar-refractivity contribution in [3.05, 3.63) is 81.0 Å². The van der Waals surface area contributed by atoms with Crippen molar-refractivity contribution < 1.29 is 14.0 Å². The van der Waals surface area contributed by atoms with Crippen LogP contribution >= 0.6 is 23.2 Å². The van der Waals surface area contributed by atoms with E-state index in [9.17, 15) is 9.59 Å². The maximum Gasteiger partial charge on any atom is 0.291 e. The van der Waals surface area contributed by atoms with E-state index >= 15 is 0 Å². The van der Waals surface area contributed by atoms with Crippen LogP contribution < -0.4 is 10.7 Å². The van der Waals surface area contributed by atoms with Gasteiger partial charge in [0.2, 0.25) is 0 Å². The fourth-order valence-corrected chi connectivity index (χ4v) is 4.01. The summed E-state index contributed by atoms with van der Waals surface area (Å²) < 4.78 is 5.87. The van der Waals surface area contributed by atoms with Crippen LogP contribution in [0.5, 0.6) is 0 Å². The molecule has 2 heterocycles. The van der Waals surface area contributed by atoms with Gasteiger partial charge >= 0.3 is 0 Å². The van der Waals surface area contributed by atoms with Crippen LogP contribution in [0.1, 0.15) is 50.8 Å². The molecule has 2 N–H and O–H groups in total. The van der Waals surface area contributed by atoms with Gasteiger partial charge in [-0.15, -0.1) is 0 Å². The van der Waals surface area contributed by atoms with Crippen LogP contribution in [-0.2, 0) is 6.42 Å². The number of halogens is 2. The van der Waals surface area contributed by atoms with Gasteiger partial charge in [0.1, 0.15) is 11.5 Å². The molecule has 0 fully saturated rings. The van der Waals surface area contributed by atoms with Gasteiger partial charge in [0.15, 0.2) is 5.76 Å². The second kappa shape index (κ2) is 8.91. The van der Waals surface area contributed by atoms with Crippen LogP contribution in [0.4, 0.5) is 5.69 Å². The molecule has 0 saturated carbocycles. The first-order valence-corrected chi connectivity index (χ1v) is 10.4. The monoisotopic (exact) mass is 456 g/mol. The zero-order chi connectivity index (χ0) is 22.0. The minimum absolute atomic E-state index is 0.187. The number of carbonyl (C=O) groups excluding carboxylic acids is 2. The molecule has 0 unspecified atom stereocenters. The van der Waals surface area contributed by atoms with E-state index in [0.29, 0.717) is 45.6 Å². The van der Waals surface area contributed by atoms with Crippen molar-refractivity contribution in [1.82, 2.24) is 10.4 Å². The number of aryl methyl sites for hydroxylation is 1. The number of amides is 2. The van der Waals surface area contributed by atoms with Gasteiger partial charge < -0.3 is 9.73 Å². The summed E-state index contributed by atoms with van der Waals surface area (Å²) in [5.74, 6) is 0.0369. The fraction of sp³-hybridized carbons (Fsp3) is 0.182. The molecule has 1 aromatic carbocycles. The van der Waals surface area contributed by atoms with Gasteiger partial charge in [-0.25, -0.2) is 5.43 Å². The van der Waals surface area contributed by atoms with E-state index in [1.165, 1.54) is 0 Å². The van der Waals surface area contributed by atoms with Crippen molar-refractivity contribution in [1.29, 1.82) is 0 Å². The number of hydrogen-bond donors (Lipinski definition) is 2. The fourth-order valence-electron chi connectivity index (χ4n) is 3.48. The predicted octanol–water partition coefficient (Wildman–Crippen LogP) is 5.01. The Balaban J connectivity index is 1.58. The lowest BCUT2D eigenvalue weighted by molar-refractivity contribution is 0.0948. The minimum Gasteiger partial charge on any atom is -0.455 e. The van der Waals surface area contributed by atoms with Crippen LogP contribution in [0.3, 0.4) is 0 Å². The highest BCUT2D eigenvalue weighted by atomic mass is 35.5. The molecule has 9 heteroatoms. The third-order valence-corrected chi connectivity index (χ3v) is 5.28. The maximum atomic E-state index is 12.8. The number of furan rings is 1. The van der Waals surface area contributed by atoms with Crippen molar-refractivity contribution in [3.8, 4) is 0 Å². The largest absolute Gasteiger partial charge is 0.455 e. The number of nitrogens with one attached hydrogen (secondary N) is 2. The Bertz CT molecular complexity index is 1170. The molecule has 7 nitrogen and oxygen atoms in total. The smallest absolute Gasteiger partial charge is 0.291 e. The number of pyridine rings is 1. The summed E-state index contributed by atoms with van der Waals surface area (Å²) in [6, 6.07) is 9.85. The van der Waals surface area contributed by atoms with Crippen LogP contribution in [0.25, 0.3) is 0 Å². The number of aromatic nitrogens is 1. The Morgan fingerprint density at radius 2 is 1.87 bits per heavy atom. The Morgan fingerprint density at radius 3 is 2.58 bits per heavy atom. The molecule has 3 aromatic rings. The third kappa shape index (κ3) is 4.62. The standard InChI is InChI=1S/C22H18Cl2N4O3/c1-12-19-16(27-28-21(29)17-5-2-3-8-25-17)6-4-7-18(19)31-20(12)22(30)26-15-10-13(23)9-14(24)11-15/h2-3,5,8-11H,4,6-7H2,1H3,(H,26,30)(H,28,29)/b27-16+. The molecule has 0 radical (unpaired) electrons. The van der Waals surface area contributed by atoms with Gasteiger partial charge in [0.25, 0.3) is 11.8 Å². The predicted molar refractivity (Wildman–Crippen MR) is 119 cm³/mol. The quantitative estimate of drug-likeness (QED) is 0.538. The summed E-state index contributed by atoms with van der Waals surface area (Å²) in [4.78, 5) is 29.1. The molecule has 0 saturated heterocycles. The molecule has 0 bridgehead atoms. The lowest BCUT2D eigenvalue weighted by Crippen LogP contribution is -2.22. The molecule has 1 aliphatic carbocycles. The first-order valence-electron chi connectivity index (χ1n) is 9.60. The first-order chi connectivity index (χ1) is 14.9. The Kier molecular flexibility index (Phi) is 6.06. The number of anilines is 1.